The highest BCUT2D eigenvalue weighted by atomic mass is 16.5. The molecule has 2 aliphatic heterocycles. The summed E-state index contributed by atoms with van der Waals surface area (Å²) < 4.78 is 13.4. The first-order valence-electron chi connectivity index (χ1n) is 7.33. The second-order valence-corrected chi connectivity index (χ2v) is 6.33. The van der Waals surface area contributed by atoms with Gasteiger partial charge in [-0.15, -0.1) is 0 Å². The second-order valence-electron chi connectivity index (χ2n) is 6.33. The lowest BCUT2D eigenvalue weighted by atomic mass is 10.1. The molecule has 1 unspecified atom stereocenters. The molecule has 0 bridgehead atoms. The molecule has 3 rings (SSSR count). The van der Waals surface area contributed by atoms with E-state index in [1.165, 1.54) is 0 Å². The molecule has 1 aromatic rings. The molecule has 21 heavy (non-hydrogen) atoms. The number of nitrogens with two attached hydrogens (primary N) is 1. The zero-order chi connectivity index (χ0) is 15.0. The van der Waals surface area contributed by atoms with Gasteiger partial charge in [-0.2, -0.15) is 5.10 Å². The molecule has 0 saturated carbocycles. The van der Waals surface area contributed by atoms with E-state index in [-0.39, 0.29) is 17.4 Å². The number of rotatable bonds is 3. The Hall–Kier alpha value is -1.60. The van der Waals surface area contributed by atoms with Crippen molar-refractivity contribution in [3.05, 3.63) is 11.8 Å². The van der Waals surface area contributed by atoms with E-state index < -0.39 is 5.91 Å². The summed E-state index contributed by atoms with van der Waals surface area (Å²) in [5, 5.41) is 4.14. The quantitative estimate of drug-likeness (QED) is 0.863. The van der Waals surface area contributed by atoms with E-state index in [1.54, 1.807) is 10.7 Å². The first-order chi connectivity index (χ1) is 9.93. The highest BCUT2D eigenvalue weighted by Gasteiger charge is 2.30. The number of nitrogens with zero attached hydrogens (tertiary/aromatic N) is 3. The van der Waals surface area contributed by atoms with Gasteiger partial charge in [0, 0.05) is 38.7 Å². The maximum absolute atomic E-state index is 11.2. The number of carbonyl (C=O) groups is 1. The fourth-order valence-electron chi connectivity index (χ4n) is 2.96. The van der Waals surface area contributed by atoms with Gasteiger partial charge < -0.3 is 15.2 Å². The lowest BCUT2D eigenvalue weighted by Gasteiger charge is -2.40. The molecule has 1 atom stereocenters. The van der Waals surface area contributed by atoms with Crippen LogP contribution >= 0.6 is 0 Å². The molecule has 116 valence electrons. The zero-order valence-corrected chi connectivity index (χ0v) is 12.5. The summed E-state index contributed by atoms with van der Waals surface area (Å²) in [5.74, 6) is 0.111. The first kappa shape index (κ1) is 14.3. The van der Waals surface area contributed by atoms with Crippen LogP contribution in [0.15, 0.2) is 6.07 Å². The van der Waals surface area contributed by atoms with Crippen LogP contribution in [0.2, 0.25) is 0 Å². The number of hydrogen-bond donors (Lipinski definition) is 1. The normalized spacial score (nSPS) is 25.1. The van der Waals surface area contributed by atoms with Gasteiger partial charge in [-0.3, -0.25) is 9.69 Å². The molecule has 3 heterocycles. The molecule has 1 amide bonds. The second kappa shape index (κ2) is 5.31. The number of aryl methyl sites for hydroxylation is 1. The molecule has 0 radical (unpaired) electrons. The Kier molecular flexibility index (Phi) is 3.62. The van der Waals surface area contributed by atoms with E-state index in [1.807, 2.05) is 0 Å². The van der Waals surface area contributed by atoms with Crippen LogP contribution in [0.3, 0.4) is 0 Å². The summed E-state index contributed by atoms with van der Waals surface area (Å²) in [4.78, 5) is 13.5. The fraction of sp³-hybridized carbons (Fsp3) is 0.714. The number of morpholine rings is 1. The molecule has 1 fully saturated rings. The Labute approximate surface area is 124 Å². The van der Waals surface area contributed by atoms with Crippen LogP contribution in [0.1, 0.15) is 30.8 Å². The lowest BCUT2D eigenvalue weighted by molar-refractivity contribution is -0.0933. The smallest absolute Gasteiger partial charge is 0.269 e. The monoisotopic (exact) mass is 294 g/mol. The predicted octanol–water partition coefficient (Wildman–Crippen LogP) is 0.244. The summed E-state index contributed by atoms with van der Waals surface area (Å²) in [5.41, 5.74) is 5.41. The van der Waals surface area contributed by atoms with E-state index >= 15 is 0 Å². The van der Waals surface area contributed by atoms with Crippen molar-refractivity contribution >= 4 is 5.91 Å². The highest BCUT2D eigenvalue weighted by molar-refractivity contribution is 5.91. The van der Waals surface area contributed by atoms with Crippen LogP contribution in [0.4, 0.5) is 0 Å². The summed E-state index contributed by atoms with van der Waals surface area (Å²) in [6.45, 7) is 8.41. The number of primary amides is 1. The third-order valence-electron chi connectivity index (χ3n) is 3.91. The summed E-state index contributed by atoms with van der Waals surface area (Å²) in [7, 11) is 0. The SMILES string of the molecule is CC1(C)CN(CC2CCn3nc(C(N)=O)cc3O2)CCO1. The summed E-state index contributed by atoms with van der Waals surface area (Å²) >= 11 is 0. The van der Waals surface area contributed by atoms with Gasteiger partial charge in [-0.05, 0) is 13.8 Å². The van der Waals surface area contributed by atoms with Gasteiger partial charge >= 0.3 is 0 Å². The molecule has 0 aliphatic carbocycles. The van der Waals surface area contributed by atoms with Gasteiger partial charge in [0.1, 0.15) is 6.10 Å². The molecular formula is C14H22N4O3. The number of carbonyl (C=O) groups excluding carboxylic acids is 1. The van der Waals surface area contributed by atoms with Crippen LogP contribution in [-0.2, 0) is 11.3 Å². The minimum atomic E-state index is -0.521. The number of fused-ring (bicyclic) bond motifs is 1. The molecular weight excluding hydrogens is 272 g/mol. The Morgan fingerprint density at radius 1 is 1.52 bits per heavy atom. The Bertz CT molecular complexity index is 540. The van der Waals surface area contributed by atoms with Gasteiger partial charge in [0.05, 0.1) is 12.2 Å². The van der Waals surface area contributed by atoms with E-state index in [0.717, 1.165) is 39.2 Å². The average molecular weight is 294 g/mol. The van der Waals surface area contributed by atoms with Crippen LogP contribution in [0, 0.1) is 0 Å². The van der Waals surface area contributed by atoms with Gasteiger partial charge in [-0.1, -0.05) is 0 Å². The van der Waals surface area contributed by atoms with Gasteiger partial charge in [0.2, 0.25) is 5.88 Å². The lowest BCUT2D eigenvalue weighted by Crippen LogP contribution is -2.51. The first-order valence-corrected chi connectivity index (χ1v) is 7.33. The third-order valence-corrected chi connectivity index (χ3v) is 3.91. The minimum absolute atomic E-state index is 0.103. The van der Waals surface area contributed by atoms with Crippen LogP contribution in [0.5, 0.6) is 5.88 Å². The molecule has 7 heteroatoms. The van der Waals surface area contributed by atoms with Crippen molar-refractivity contribution in [2.75, 3.05) is 26.2 Å². The Morgan fingerprint density at radius 2 is 2.33 bits per heavy atom. The molecule has 2 N–H and O–H groups in total. The summed E-state index contributed by atoms with van der Waals surface area (Å²) in [6.07, 6.45) is 0.994. The molecule has 2 aliphatic rings. The van der Waals surface area contributed by atoms with E-state index in [0.29, 0.717) is 5.88 Å². The van der Waals surface area contributed by atoms with Crippen molar-refractivity contribution in [3.8, 4) is 5.88 Å². The molecule has 1 saturated heterocycles. The maximum atomic E-state index is 11.2. The summed E-state index contributed by atoms with van der Waals surface area (Å²) in [6, 6.07) is 1.62. The van der Waals surface area contributed by atoms with Gasteiger partial charge in [0.15, 0.2) is 5.69 Å². The maximum Gasteiger partial charge on any atom is 0.269 e. The number of amides is 1. The van der Waals surface area contributed by atoms with Crippen LogP contribution < -0.4 is 10.5 Å². The molecule has 1 aromatic heterocycles. The van der Waals surface area contributed by atoms with Crippen molar-refractivity contribution in [1.29, 1.82) is 0 Å². The molecule has 0 aromatic carbocycles. The Balaban J connectivity index is 1.62. The van der Waals surface area contributed by atoms with Crippen molar-refractivity contribution in [1.82, 2.24) is 14.7 Å². The van der Waals surface area contributed by atoms with Crippen molar-refractivity contribution in [2.45, 2.75) is 38.5 Å². The number of aromatic nitrogens is 2. The van der Waals surface area contributed by atoms with E-state index in [4.69, 9.17) is 15.2 Å². The van der Waals surface area contributed by atoms with Crippen molar-refractivity contribution < 1.29 is 14.3 Å². The minimum Gasteiger partial charge on any atom is -0.473 e. The molecule has 0 spiro atoms. The molecule has 7 nitrogen and oxygen atoms in total. The standard InChI is InChI=1S/C14H22N4O3/c1-14(2)9-17(5-6-20-14)8-10-3-4-18-12(21-10)7-11(16-18)13(15)19/h7,10H,3-6,8-9H2,1-2H3,(H2,15,19). The van der Waals surface area contributed by atoms with Gasteiger partial charge in [0.25, 0.3) is 5.91 Å². The van der Waals surface area contributed by atoms with Crippen molar-refractivity contribution in [3.63, 3.8) is 0 Å². The number of hydrogen-bond acceptors (Lipinski definition) is 5. The zero-order valence-electron chi connectivity index (χ0n) is 12.5. The van der Waals surface area contributed by atoms with Crippen molar-refractivity contribution in [2.24, 2.45) is 5.73 Å². The fourth-order valence-corrected chi connectivity index (χ4v) is 2.96. The number of ether oxygens (including phenoxy) is 2. The highest BCUT2D eigenvalue weighted by Crippen LogP contribution is 2.24. The van der Waals surface area contributed by atoms with Crippen LogP contribution in [-0.4, -0.2) is 58.5 Å². The predicted molar refractivity (Wildman–Crippen MR) is 76.2 cm³/mol. The topological polar surface area (TPSA) is 82.6 Å². The van der Waals surface area contributed by atoms with Crippen LogP contribution in [0.25, 0.3) is 0 Å². The van der Waals surface area contributed by atoms with E-state index in [2.05, 4.69) is 23.8 Å². The van der Waals surface area contributed by atoms with Gasteiger partial charge in [-0.25, -0.2) is 4.68 Å². The van der Waals surface area contributed by atoms with E-state index in [9.17, 15) is 4.79 Å². The third kappa shape index (κ3) is 3.19. The largest absolute Gasteiger partial charge is 0.473 e. The Morgan fingerprint density at radius 3 is 3.05 bits per heavy atom. The average Bonchev–Trinajstić information content (AvgIpc) is 2.80.